The molecule has 2 N–H and O–H groups in total. The molecule has 0 heterocycles. The number of hydrogen-bond acceptors (Lipinski definition) is 4. The molecule has 158 valence electrons. The molecule has 2 rings (SSSR count). The fourth-order valence-electron chi connectivity index (χ4n) is 3.44. The maximum Gasteiger partial charge on any atom is 0.360 e. The number of urea groups is 1. The highest BCUT2D eigenvalue weighted by molar-refractivity contribution is 7.55. The second kappa shape index (κ2) is 9.57. The van der Waals surface area contributed by atoms with E-state index >= 15 is 0 Å². The number of hydrogen-bond donors (Lipinski definition) is 2. The van der Waals surface area contributed by atoms with Crippen LogP contribution in [0, 0.1) is 20.8 Å². The summed E-state index contributed by atoms with van der Waals surface area (Å²) in [5, 5.41) is 4.42. The van der Waals surface area contributed by atoms with Crippen LogP contribution in [0.2, 0.25) is 0 Å². The van der Waals surface area contributed by atoms with Crippen molar-refractivity contribution in [1.82, 2.24) is 5.32 Å². The van der Waals surface area contributed by atoms with Gasteiger partial charge in [-0.05, 0) is 58.2 Å². The van der Waals surface area contributed by atoms with Gasteiger partial charge in [0.05, 0.1) is 13.2 Å². The summed E-state index contributed by atoms with van der Waals surface area (Å²) >= 11 is 0. The second-order valence-corrected chi connectivity index (χ2v) is 9.53. The molecule has 0 aliphatic rings. The van der Waals surface area contributed by atoms with Gasteiger partial charge in [0, 0.05) is 5.69 Å². The van der Waals surface area contributed by atoms with Crippen LogP contribution in [0.5, 0.6) is 0 Å². The van der Waals surface area contributed by atoms with Crippen LogP contribution in [0.3, 0.4) is 0 Å². The van der Waals surface area contributed by atoms with Gasteiger partial charge in [-0.25, -0.2) is 4.79 Å². The predicted molar refractivity (Wildman–Crippen MR) is 117 cm³/mol. The number of carbonyl (C=O) groups excluding carboxylic acids is 1. The molecule has 2 amide bonds. The molecule has 0 saturated heterocycles. The normalized spacial score (nSPS) is 13.6. The summed E-state index contributed by atoms with van der Waals surface area (Å²) in [5.74, 6) is 0. The minimum Gasteiger partial charge on any atom is -0.317 e. The quantitative estimate of drug-likeness (QED) is 0.526. The molecule has 7 heteroatoms. The van der Waals surface area contributed by atoms with Gasteiger partial charge in [0.25, 0.3) is 0 Å². The summed E-state index contributed by atoms with van der Waals surface area (Å²) in [6, 6.07) is 12.6. The number of benzene rings is 2. The number of nitrogens with one attached hydrogen (secondary N) is 2. The van der Waals surface area contributed by atoms with E-state index in [1.807, 2.05) is 51.1 Å². The fraction of sp³-hybridized carbons (Fsp3) is 0.409. The summed E-state index contributed by atoms with van der Waals surface area (Å²) in [6.45, 7) is 11.4. The van der Waals surface area contributed by atoms with E-state index in [0.717, 1.165) is 22.4 Å². The highest BCUT2D eigenvalue weighted by atomic mass is 31.2. The molecule has 0 unspecified atom stereocenters. The molecule has 0 fully saturated rings. The lowest BCUT2D eigenvalue weighted by atomic mass is 10.1. The van der Waals surface area contributed by atoms with Gasteiger partial charge in [0.15, 0.2) is 5.28 Å². The molecule has 2 aromatic rings. The smallest absolute Gasteiger partial charge is 0.317 e. The van der Waals surface area contributed by atoms with Gasteiger partial charge in [-0.2, -0.15) is 0 Å². The number of rotatable bonds is 8. The van der Waals surface area contributed by atoms with Gasteiger partial charge in [0.1, 0.15) is 0 Å². The molecule has 0 bridgehead atoms. The Bertz CT molecular complexity index is 868. The van der Waals surface area contributed by atoms with Gasteiger partial charge in [-0.15, -0.1) is 0 Å². The van der Waals surface area contributed by atoms with Crippen molar-refractivity contribution in [1.29, 1.82) is 0 Å². The van der Waals surface area contributed by atoms with Crippen LogP contribution in [0.25, 0.3) is 0 Å². The van der Waals surface area contributed by atoms with E-state index in [-0.39, 0.29) is 13.2 Å². The third kappa shape index (κ3) is 5.08. The Balaban J connectivity index is 2.43. The van der Waals surface area contributed by atoms with E-state index < -0.39 is 18.9 Å². The Kier molecular flexibility index (Phi) is 7.64. The first-order chi connectivity index (χ1) is 13.7. The van der Waals surface area contributed by atoms with Crippen molar-refractivity contribution in [3.63, 3.8) is 0 Å². The van der Waals surface area contributed by atoms with Crippen LogP contribution < -0.4 is 10.6 Å². The number of carbonyl (C=O) groups is 1. The maximum atomic E-state index is 13.7. The molecular weight excluding hydrogens is 387 g/mol. The second-order valence-electron chi connectivity index (χ2n) is 7.12. The third-order valence-corrected chi connectivity index (χ3v) is 7.42. The van der Waals surface area contributed by atoms with Crippen LogP contribution in [0.1, 0.15) is 43.0 Å². The summed E-state index contributed by atoms with van der Waals surface area (Å²) in [4.78, 5) is 13.0. The first kappa shape index (κ1) is 23.1. The van der Waals surface area contributed by atoms with Crippen molar-refractivity contribution in [3.05, 3.63) is 64.7 Å². The monoisotopic (exact) mass is 418 g/mol. The first-order valence-electron chi connectivity index (χ1n) is 9.78. The average molecular weight is 418 g/mol. The Hall–Kier alpha value is -2.14. The summed E-state index contributed by atoms with van der Waals surface area (Å²) in [5.41, 5.74) is 4.40. The SMILES string of the molecule is CCOP(=O)(OCC)[C@](C)(NC(=O)Nc1c(C)cc(C)cc1C)c1ccccc1. The molecule has 0 aliphatic heterocycles. The van der Waals surface area contributed by atoms with Crippen LogP contribution in [-0.4, -0.2) is 19.2 Å². The van der Waals surface area contributed by atoms with Gasteiger partial charge in [0.2, 0.25) is 0 Å². The lowest BCUT2D eigenvalue weighted by Gasteiger charge is -2.37. The van der Waals surface area contributed by atoms with E-state index in [2.05, 4.69) is 10.6 Å². The molecule has 1 atom stereocenters. The Labute approximate surface area is 173 Å². The van der Waals surface area contributed by atoms with Crippen molar-refractivity contribution in [2.45, 2.75) is 46.8 Å². The highest BCUT2D eigenvalue weighted by Gasteiger charge is 2.50. The Morgan fingerprint density at radius 2 is 1.52 bits per heavy atom. The van der Waals surface area contributed by atoms with Gasteiger partial charge in [-0.3, -0.25) is 4.57 Å². The zero-order valence-electron chi connectivity index (χ0n) is 18.0. The minimum atomic E-state index is -3.73. The van der Waals surface area contributed by atoms with Gasteiger partial charge in [-0.1, -0.05) is 48.0 Å². The number of anilines is 1. The van der Waals surface area contributed by atoms with Gasteiger partial charge < -0.3 is 19.7 Å². The fourth-order valence-corrected chi connectivity index (χ4v) is 5.41. The molecule has 0 saturated carbocycles. The Morgan fingerprint density at radius 1 is 1.00 bits per heavy atom. The first-order valence-corrected chi connectivity index (χ1v) is 11.3. The molecule has 29 heavy (non-hydrogen) atoms. The lowest BCUT2D eigenvalue weighted by Crippen LogP contribution is -2.46. The summed E-state index contributed by atoms with van der Waals surface area (Å²) in [6.07, 6.45) is 0. The standard InChI is InChI=1S/C22H31N2O4P/c1-7-27-29(26,28-8-2)22(6,19-12-10-9-11-13-19)24-21(25)23-20-17(4)14-16(3)15-18(20)5/h9-15H,7-8H2,1-6H3,(H2,23,24,25)/t22-/m0/s1. The van der Waals surface area contributed by atoms with Crippen molar-refractivity contribution in [2.24, 2.45) is 0 Å². The van der Waals surface area contributed by atoms with Crippen molar-refractivity contribution in [3.8, 4) is 0 Å². The van der Waals surface area contributed by atoms with E-state index in [1.54, 1.807) is 32.9 Å². The van der Waals surface area contributed by atoms with Crippen LogP contribution >= 0.6 is 7.60 Å². The van der Waals surface area contributed by atoms with E-state index in [9.17, 15) is 9.36 Å². The van der Waals surface area contributed by atoms with Crippen LogP contribution in [0.4, 0.5) is 10.5 Å². The zero-order valence-corrected chi connectivity index (χ0v) is 18.9. The summed E-state index contributed by atoms with van der Waals surface area (Å²) < 4.78 is 24.9. The lowest BCUT2D eigenvalue weighted by molar-refractivity contribution is 0.188. The van der Waals surface area contributed by atoms with Crippen molar-refractivity contribution >= 4 is 19.3 Å². The maximum absolute atomic E-state index is 13.7. The molecular formula is C22H31N2O4P. The minimum absolute atomic E-state index is 0.194. The van der Waals surface area contributed by atoms with E-state index in [1.165, 1.54) is 0 Å². The van der Waals surface area contributed by atoms with E-state index in [0.29, 0.717) is 5.56 Å². The zero-order chi connectivity index (χ0) is 21.7. The molecule has 0 spiro atoms. The predicted octanol–water partition coefficient (Wildman–Crippen LogP) is 5.87. The average Bonchev–Trinajstić information content (AvgIpc) is 2.65. The van der Waals surface area contributed by atoms with E-state index in [4.69, 9.17) is 9.05 Å². The topological polar surface area (TPSA) is 76.7 Å². The van der Waals surface area contributed by atoms with Crippen LogP contribution in [0.15, 0.2) is 42.5 Å². The molecule has 0 aliphatic carbocycles. The molecule has 2 aromatic carbocycles. The van der Waals surface area contributed by atoms with Gasteiger partial charge >= 0.3 is 13.6 Å². The number of amides is 2. The Morgan fingerprint density at radius 3 is 2.00 bits per heavy atom. The third-order valence-electron chi connectivity index (χ3n) is 4.75. The largest absolute Gasteiger partial charge is 0.360 e. The molecule has 0 radical (unpaired) electrons. The summed E-state index contributed by atoms with van der Waals surface area (Å²) in [7, 11) is -3.73. The van der Waals surface area contributed by atoms with Crippen molar-refractivity contribution in [2.75, 3.05) is 18.5 Å². The number of aryl methyl sites for hydroxylation is 3. The highest BCUT2D eigenvalue weighted by Crippen LogP contribution is 2.63. The van der Waals surface area contributed by atoms with Crippen molar-refractivity contribution < 1.29 is 18.4 Å². The molecule has 6 nitrogen and oxygen atoms in total. The molecule has 0 aromatic heterocycles. The van der Waals surface area contributed by atoms with Crippen LogP contribution in [-0.2, 0) is 18.9 Å².